The van der Waals surface area contributed by atoms with E-state index in [0.29, 0.717) is 24.4 Å². The number of sulfonamides is 1. The van der Waals surface area contributed by atoms with Gasteiger partial charge in [-0.2, -0.15) is 4.31 Å². The highest BCUT2D eigenvalue weighted by atomic mass is 32.2. The van der Waals surface area contributed by atoms with Gasteiger partial charge < -0.3 is 9.15 Å². The van der Waals surface area contributed by atoms with Crippen LogP contribution in [0, 0.1) is 0 Å². The van der Waals surface area contributed by atoms with E-state index in [2.05, 4.69) is 15.5 Å². The number of carbonyl (C=O) groups excluding carboxylic acids is 1. The third-order valence-corrected chi connectivity index (χ3v) is 6.84. The summed E-state index contributed by atoms with van der Waals surface area (Å²) in [5.74, 6) is 0.452. The number of rotatable bonds is 10. The first-order chi connectivity index (χ1) is 15.4. The number of methoxy groups -OCH3 is 1. The van der Waals surface area contributed by atoms with Crippen LogP contribution < -0.4 is 10.1 Å². The van der Waals surface area contributed by atoms with Crippen molar-refractivity contribution in [2.45, 2.75) is 31.6 Å². The number of unbranched alkanes of at least 4 members (excludes halogenated alkanes) is 1. The molecule has 1 N–H and O–H groups in total. The lowest BCUT2D eigenvalue weighted by atomic mass is 10.2. The average molecular weight is 459 g/mol. The Labute approximate surface area is 187 Å². The summed E-state index contributed by atoms with van der Waals surface area (Å²) in [5.41, 5.74) is 0.946. The first-order valence-electron chi connectivity index (χ1n) is 10.3. The molecule has 0 bridgehead atoms. The highest BCUT2D eigenvalue weighted by molar-refractivity contribution is 7.89. The van der Waals surface area contributed by atoms with E-state index >= 15 is 0 Å². The largest absolute Gasteiger partial charge is 0.497 e. The smallest absolute Gasteiger partial charge is 0.322 e. The average Bonchev–Trinajstić information content (AvgIpc) is 3.28. The van der Waals surface area contributed by atoms with Gasteiger partial charge in [0.15, 0.2) is 0 Å². The Balaban J connectivity index is 1.69. The van der Waals surface area contributed by atoms with Crippen molar-refractivity contribution in [1.82, 2.24) is 14.5 Å². The van der Waals surface area contributed by atoms with E-state index in [1.807, 2.05) is 6.92 Å². The van der Waals surface area contributed by atoms with Crippen LogP contribution in [-0.4, -0.2) is 49.0 Å². The van der Waals surface area contributed by atoms with Crippen molar-refractivity contribution < 1.29 is 22.4 Å². The van der Waals surface area contributed by atoms with Gasteiger partial charge in [0.1, 0.15) is 5.75 Å². The molecular weight excluding hydrogens is 432 g/mol. The topological polar surface area (TPSA) is 115 Å². The highest BCUT2D eigenvalue weighted by Crippen LogP contribution is 2.23. The van der Waals surface area contributed by atoms with Gasteiger partial charge in [-0.3, -0.25) is 10.1 Å². The number of amides is 1. The lowest BCUT2D eigenvalue weighted by Gasteiger charge is -2.20. The van der Waals surface area contributed by atoms with E-state index in [-0.39, 0.29) is 22.4 Å². The number of hydrogen-bond acceptors (Lipinski definition) is 7. The lowest BCUT2D eigenvalue weighted by molar-refractivity contribution is 0.102. The normalized spacial score (nSPS) is 11.5. The molecule has 1 heterocycles. The van der Waals surface area contributed by atoms with Crippen molar-refractivity contribution in [3.8, 4) is 17.2 Å². The van der Waals surface area contributed by atoms with Crippen molar-refractivity contribution in [3.05, 3.63) is 54.1 Å². The fourth-order valence-corrected chi connectivity index (χ4v) is 4.49. The fourth-order valence-electron chi connectivity index (χ4n) is 3.00. The molecule has 1 amide bonds. The van der Waals surface area contributed by atoms with E-state index in [1.54, 1.807) is 38.3 Å². The van der Waals surface area contributed by atoms with Crippen molar-refractivity contribution >= 4 is 21.9 Å². The Hall–Kier alpha value is -3.24. The molecule has 0 radical (unpaired) electrons. The number of carbonyl (C=O) groups is 1. The van der Waals surface area contributed by atoms with Crippen LogP contribution in [0.15, 0.2) is 57.8 Å². The predicted molar refractivity (Wildman–Crippen MR) is 120 cm³/mol. The summed E-state index contributed by atoms with van der Waals surface area (Å²) in [6.07, 6.45) is 1.69. The van der Waals surface area contributed by atoms with Crippen LogP contribution >= 0.6 is 0 Å². The summed E-state index contributed by atoms with van der Waals surface area (Å²) in [7, 11) is -2.03. The van der Waals surface area contributed by atoms with Gasteiger partial charge in [-0.05, 0) is 55.0 Å². The molecule has 0 atom stereocenters. The molecule has 3 rings (SSSR count). The first kappa shape index (κ1) is 23.4. The summed E-state index contributed by atoms with van der Waals surface area (Å²) in [4.78, 5) is 12.7. The summed E-state index contributed by atoms with van der Waals surface area (Å²) < 4.78 is 37.7. The van der Waals surface area contributed by atoms with Gasteiger partial charge in [-0.1, -0.05) is 25.4 Å². The van der Waals surface area contributed by atoms with Crippen molar-refractivity contribution in [1.29, 1.82) is 0 Å². The van der Waals surface area contributed by atoms with Crippen LogP contribution in [-0.2, 0) is 10.0 Å². The fraction of sp³-hybridized carbons (Fsp3) is 0.318. The Morgan fingerprint density at radius 2 is 1.75 bits per heavy atom. The number of nitrogens with zero attached hydrogens (tertiary/aromatic N) is 3. The summed E-state index contributed by atoms with van der Waals surface area (Å²) in [5, 5.41) is 10.3. The van der Waals surface area contributed by atoms with E-state index in [4.69, 9.17) is 9.15 Å². The SMILES string of the molecule is CCCCN(CC)S(=O)(=O)c1ccc(C(=O)Nc2nnc(-c3ccc(OC)cc3)o2)cc1. The zero-order chi connectivity index (χ0) is 23.1. The van der Waals surface area contributed by atoms with E-state index in [1.165, 1.54) is 28.6 Å². The van der Waals surface area contributed by atoms with Gasteiger partial charge in [0, 0.05) is 24.2 Å². The zero-order valence-corrected chi connectivity index (χ0v) is 19.1. The molecule has 0 aliphatic heterocycles. The molecule has 0 fully saturated rings. The van der Waals surface area contributed by atoms with Crippen molar-refractivity contribution in [2.24, 2.45) is 0 Å². The number of ether oxygens (including phenoxy) is 1. The van der Waals surface area contributed by atoms with Crippen LogP contribution in [0.5, 0.6) is 5.75 Å². The lowest BCUT2D eigenvalue weighted by Crippen LogP contribution is -2.31. The number of nitrogens with one attached hydrogen (secondary N) is 1. The Morgan fingerprint density at radius 1 is 1.06 bits per heavy atom. The third-order valence-electron chi connectivity index (χ3n) is 4.85. The van der Waals surface area contributed by atoms with Gasteiger partial charge in [0.2, 0.25) is 15.9 Å². The number of benzene rings is 2. The van der Waals surface area contributed by atoms with E-state index in [9.17, 15) is 13.2 Å². The van der Waals surface area contributed by atoms with Crippen LogP contribution in [0.1, 0.15) is 37.0 Å². The van der Waals surface area contributed by atoms with Gasteiger partial charge in [-0.25, -0.2) is 8.42 Å². The molecule has 9 nitrogen and oxygen atoms in total. The second-order valence-electron chi connectivity index (χ2n) is 6.97. The zero-order valence-electron chi connectivity index (χ0n) is 18.2. The quantitative estimate of drug-likeness (QED) is 0.491. The van der Waals surface area contributed by atoms with Crippen molar-refractivity contribution in [2.75, 3.05) is 25.5 Å². The predicted octanol–water partition coefficient (Wildman–Crippen LogP) is 3.81. The molecule has 0 saturated carbocycles. The minimum absolute atomic E-state index is 0.0609. The molecule has 0 saturated heterocycles. The van der Waals surface area contributed by atoms with Gasteiger partial charge in [0.05, 0.1) is 12.0 Å². The van der Waals surface area contributed by atoms with Crippen LogP contribution in [0.2, 0.25) is 0 Å². The van der Waals surface area contributed by atoms with Gasteiger partial charge >= 0.3 is 6.01 Å². The van der Waals surface area contributed by atoms with Gasteiger partial charge in [0.25, 0.3) is 5.91 Å². The minimum atomic E-state index is -3.61. The van der Waals surface area contributed by atoms with Crippen LogP contribution in [0.3, 0.4) is 0 Å². The maximum Gasteiger partial charge on any atom is 0.322 e. The Morgan fingerprint density at radius 3 is 2.34 bits per heavy atom. The standard InChI is InChI=1S/C22H26N4O5S/c1-4-6-15-26(5-2)32(28,29)19-13-9-16(10-14-19)20(27)23-22-25-24-21(31-22)17-7-11-18(30-3)12-8-17/h7-14H,4-6,15H2,1-3H3,(H,23,25,27). The van der Waals surface area contributed by atoms with E-state index in [0.717, 1.165) is 12.8 Å². The second kappa shape index (κ2) is 10.4. The van der Waals surface area contributed by atoms with Gasteiger partial charge in [-0.15, -0.1) is 5.10 Å². The molecule has 0 unspecified atom stereocenters. The molecule has 32 heavy (non-hydrogen) atoms. The van der Waals surface area contributed by atoms with E-state index < -0.39 is 15.9 Å². The first-order valence-corrected chi connectivity index (χ1v) is 11.7. The van der Waals surface area contributed by atoms with Crippen LogP contribution in [0.25, 0.3) is 11.5 Å². The monoisotopic (exact) mass is 458 g/mol. The maximum atomic E-state index is 12.8. The number of anilines is 1. The molecule has 10 heteroatoms. The molecule has 170 valence electrons. The number of aromatic nitrogens is 2. The molecule has 3 aromatic rings. The summed E-state index contributed by atoms with van der Waals surface area (Å²) >= 11 is 0. The van der Waals surface area contributed by atoms with Crippen LogP contribution in [0.4, 0.5) is 6.01 Å². The number of hydrogen-bond donors (Lipinski definition) is 1. The molecule has 0 aliphatic rings. The molecular formula is C22H26N4O5S. The Kier molecular flexibility index (Phi) is 7.60. The maximum absolute atomic E-state index is 12.8. The molecule has 2 aromatic carbocycles. The molecule has 0 aliphatic carbocycles. The summed E-state index contributed by atoms with van der Waals surface area (Å²) in [6.45, 7) is 4.67. The highest BCUT2D eigenvalue weighted by Gasteiger charge is 2.23. The third kappa shape index (κ3) is 5.32. The minimum Gasteiger partial charge on any atom is -0.497 e. The second-order valence-corrected chi connectivity index (χ2v) is 8.91. The Bertz CT molecular complexity index is 1140. The van der Waals surface area contributed by atoms with Crippen molar-refractivity contribution in [3.63, 3.8) is 0 Å². The summed E-state index contributed by atoms with van der Waals surface area (Å²) in [6, 6.07) is 12.7. The molecule has 0 spiro atoms. The molecule has 1 aromatic heterocycles.